The smallest absolute Gasteiger partial charge is 0.253 e. The second kappa shape index (κ2) is 4.52. The number of rotatable bonds is 2. The maximum atomic E-state index is 13.2. The van der Waals surface area contributed by atoms with Gasteiger partial charge in [0.25, 0.3) is 5.91 Å². The molecule has 2 N–H and O–H groups in total. The van der Waals surface area contributed by atoms with Crippen molar-refractivity contribution in [1.29, 1.82) is 0 Å². The topological polar surface area (TPSA) is 49.3 Å². The molecule has 0 aliphatic rings. The molecule has 3 nitrogen and oxygen atoms in total. The van der Waals surface area contributed by atoms with Crippen LogP contribution in [0.5, 0.6) is 0 Å². The van der Waals surface area contributed by atoms with Crippen LogP contribution in [0.1, 0.15) is 11.7 Å². The number of carbonyl (C=O) groups is 1. The Kier molecular flexibility index (Phi) is 3.60. The van der Waals surface area contributed by atoms with E-state index in [9.17, 15) is 14.3 Å². The predicted molar refractivity (Wildman–Crippen MR) is 53.1 cm³/mol. The van der Waals surface area contributed by atoms with Crippen molar-refractivity contribution in [2.24, 2.45) is 0 Å². The Balaban J connectivity index is 3.05. The first-order chi connectivity index (χ1) is 6.56. The van der Waals surface area contributed by atoms with Crippen molar-refractivity contribution in [3.8, 4) is 0 Å². The number of halogens is 2. The second-order valence-electron chi connectivity index (χ2n) is 2.68. The van der Waals surface area contributed by atoms with E-state index < -0.39 is 17.8 Å². The molecule has 5 heteroatoms. The highest BCUT2D eigenvalue weighted by molar-refractivity contribution is 9.10. The van der Waals surface area contributed by atoms with Gasteiger partial charge in [0, 0.05) is 17.1 Å². The largest absolute Gasteiger partial charge is 0.378 e. The van der Waals surface area contributed by atoms with Crippen molar-refractivity contribution in [3.63, 3.8) is 0 Å². The predicted octanol–water partition coefficient (Wildman–Crippen LogP) is 1.37. The standard InChI is InChI=1S/C9H9BrFNO2/c1-12-9(14)8(13)6-4-5(10)2-3-7(6)11/h2-4,8,13H,1H3,(H,12,14). The number of hydrogen-bond donors (Lipinski definition) is 2. The molecule has 14 heavy (non-hydrogen) atoms. The van der Waals surface area contributed by atoms with Crippen LogP contribution >= 0.6 is 15.9 Å². The van der Waals surface area contributed by atoms with E-state index in [0.717, 1.165) is 0 Å². The Bertz CT molecular complexity index is 357. The summed E-state index contributed by atoms with van der Waals surface area (Å²) >= 11 is 3.13. The van der Waals surface area contributed by atoms with Gasteiger partial charge in [-0.1, -0.05) is 15.9 Å². The molecule has 1 unspecified atom stereocenters. The summed E-state index contributed by atoms with van der Waals surface area (Å²) in [6.45, 7) is 0. The van der Waals surface area contributed by atoms with Gasteiger partial charge in [-0.05, 0) is 18.2 Å². The summed E-state index contributed by atoms with van der Waals surface area (Å²) in [5.41, 5.74) is -0.0428. The Morgan fingerprint density at radius 2 is 2.29 bits per heavy atom. The van der Waals surface area contributed by atoms with E-state index in [1.54, 1.807) is 0 Å². The van der Waals surface area contributed by atoms with E-state index >= 15 is 0 Å². The van der Waals surface area contributed by atoms with Crippen LogP contribution in [0.2, 0.25) is 0 Å². The SMILES string of the molecule is CNC(=O)C(O)c1cc(Br)ccc1F. The van der Waals surface area contributed by atoms with Gasteiger partial charge in [0.1, 0.15) is 5.82 Å². The van der Waals surface area contributed by atoms with Crippen molar-refractivity contribution < 1.29 is 14.3 Å². The quantitative estimate of drug-likeness (QED) is 0.845. The van der Waals surface area contributed by atoms with Gasteiger partial charge in [-0.15, -0.1) is 0 Å². The lowest BCUT2D eigenvalue weighted by Gasteiger charge is -2.10. The first-order valence-electron chi connectivity index (χ1n) is 3.91. The summed E-state index contributed by atoms with van der Waals surface area (Å²) in [7, 11) is 1.38. The average molecular weight is 262 g/mol. The summed E-state index contributed by atoms with van der Waals surface area (Å²) in [4.78, 5) is 11.0. The minimum Gasteiger partial charge on any atom is -0.378 e. The minimum absolute atomic E-state index is 0.0428. The molecule has 76 valence electrons. The third-order valence-electron chi connectivity index (χ3n) is 1.75. The Morgan fingerprint density at radius 3 is 2.86 bits per heavy atom. The van der Waals surface area contributed by atoms with Gasteiger partial charge in [-0.25, -0.2) is 4.39 Å². The van der Waals surface area contributed by atoms with E-state index in [4.69, 9.17) is 0 Å². The van der Waals surface area contributed by atoms with E-state index in [2.05, 4.69) is 21.2 Å². The maximum absolute atomic E-state index is 13.2. The Morgan fingerprint density at radius 1 is 1.64 bits per heavy atom. The molecule has 0 saturated heterocycles. The molecule has 0 spiro atoms. The van der Waals surface area contributed by atoms with Crippen LogP contribution in [0.4, 0.5) is 4.39 Å². The Labute approximate surface area is 89.1 Å². The molecule has 1 amide bonds. The Hall–Kier alpha value is -0.940. The van der Waals surface area contributed by atoms with Crippen molar-refractivity contribution >= 4 is 21.8 Å². The third kappa shape index (κ3) is 2.30. The van der Waals surface area contributed by atoms with E-state index in [1.165, 1.54) is 25.2 Å². The number of hydrogen-bond acceptors (Lipinski definition) is 2. The minimum atomic E-state index is -1.47. The lowest BCUT2D eigenvalue weighted by Crippen LogP contribution is -2.26. The number of aliphatic hydroxyl groups excluding tert-OH is 1. The molecule has 0 radical (unpaired) electrons. The van der Waals surface area contributed by atoms with Crippen molar-refractivity contribution in [1.82, 2.24) is 5.32 Å². The maximum Gasteiger partial charge on any atom is 0.253 e. The zero-order valence-electron chi connectivity index (χ0n) is 7.42. The van der Waals surface area contributed by atoms with Crippen molar-refractivity contribution in [3.05, 3.63) is 34.1 Å². The van der Waals surface area contributed by atoms with Crippen molar-refractivity contribution in [2.45, 2.75) is 6.10 Å². The molecule has 1 aromatic carbocycles. The molecular weight excluding hydrogens is 253 g/mol. The van der Waals surface area contributed by atoms with Gasteiger partial charge in [0.2, 0.25) is 0 Å². The molecule has 0 aromatic heterocycles. The van der Waals surface area contributed by atoms with Gasteiger partial charge in [0.05, 0.1) is 0 Å². The fraction of sp³-hybridized carbons (Fsp3) is 0.222. The molecule has 0 saturated carbocycles. The molecule has 0 aliphatic heterocycles. The fourth-order valence-electron chi connectivity index (χ4n) is 1.00. The molecule has 0 fully saturated rings. The lowest BCUT2D eigenvalue weighted by atomic mass is 10.1. The zero-order valence-corrected chi connectivity index (χ0v) is 9.01. The van der Waals surface area contributed by atoms with Crippen LogP contribution in [0.25, 0.3) is 0 Å². The van der Waals surface area contributed by atoms with Crippen LogP contribution in [0, 0.1) is 5.82 Å². The summed E-state index contributed by atoms with van der Waals surface area (Å²) in [6.07, 6.45) is -1.47. The van der Waals surface area contributed by atoms with Crippen molar-refractivity contribution in [2.75, 3.05) is 7.05 Å². The first-order valence-corrected chi connectivity index (χ1v) is 4.70. The molecular formula is C9H9BrFNO2. The summed E-state index contributed by atoms with van der Waals surface area (Å²) in [5, 5.41) is 11.7. The zero-order chi connectivity index (χ0) is 10.7. The number of aliphatic hydroxyl groups is 1. The van der Waals surface area contributed by atoms with Gasteiger partial charge in [0.15, 0.2) is 6.10 Å². The van der Waals surface area contributed by atoms with Crippen LogP contribution < -0.4 is 5.32 Å². The van der Waals surface area contributed by atoms with Gasteiger partial charge < -0.3 is 10.4 Å². The monoisotopic (exact) mass is 261 g/mol. The molecule has 0 heterocycles. The van der Waals surface area contributed by atoms with Crippen LogP contribution in [-0.2, 0) is 4.79 Å². The molecule has 0 aliphatic carbocycles. The highest BCUT2D eigenvalue weighted by Gasteiger charge is 2.19. The molecule has 1 rings (SSSR count). The van der Waals surface area contributed by atoms with Crippen LogP contribution in [-0.4, -0.2) is 18.1 Å². The van der Waals surface area contributed by atoms with Gasteiger partial charge in [-0.3, -0.25) is 4.79 Å². The van der Waals surface area contributed by atoms with E-state index in [-0.39, 0.29) is 5.56 Å². The van der Waals surface area contributed by atoms with Gasteiger partial charge >= 0.3 is 0 Å². The number of benzene rings is 1. The highest BCUT2D eigenvalue weighted by atomic mass is 79.9. The van der Waals surface area contributed by atoms with Crippen LogP contribution in [0.3, 0.4) is 0 Å². The van der Waals surface area contributed by atoms with E-state index in [0.29, 0.717) is 4.47 Å². The van der Waals surface area contributed by atoms with Gasteiger partial charge in [-0.2, -0.15) is 0 Å². The average Bonchev–Trinajstić information content (AvgIpc) is 2.19. The summed E-state index contributed by atoms with van der Waals surface area (Å²) in [6, 6.07) is 4.05. The number of likely N-dealkylation sites (N-methyl/N-ethyl adjacent to an activating group) is 1. The first kappa shape index (κ1) is 11.1. The normalized spacial score (nSPS) is 12.3. The fourth-order valence-corrected chi connectivity index (χ4v) is 1.38. The van der Waals surface area contributed by atoms with E-state index in [1.807, 2.05) is 0 Å². The lowest BCUT2D eigenvalue weighted by molar-refractivity contribution is -0.129. The number of amides is 1. The second-order valence-corrected chi connectivity index (χ2v) is 3.60. The van der Waals surface area contributed by atoms with Crippen LogP contribution in [0.15, 0.2) is 22.7 Å². The number of carbonyl (C=O) groups excluding carboxylic acids is 1. The highest BCUT2D eigenvalue weighted by Crippen LogP contribution is 2.21. The summed E-state index contributed by atoms with van der Waals surface area (Å²) in [5.74, 6) is -1.24. The molecule has 1 atom stereocenters. The third-order valence-corrected chi connectivity index (χ3v) is 2.24. The summed E-state index contributed by atoms with van der Waals surface area (Å²) < 4.78 is 13.8. The molecule has 1 aromatic rings. The molecule has 0 bridgehead atoms. The number of nitrogens with one attached hydrogen (secondary N) is 1.